The van der Waals surface area contributed by atoms with E-state index >= 15 is 0 Å². The van der Waals surface area contributed by atoms with Crippen molar-refractivity contribution in [3.63, 3.8) is 0 Å². The summed E-state index contributed by atoms with van der Waals surface area (Å²) in [6.07, 6.45) is 4.52. The van der Waals surface area contributed by atoms with Crippen LogP contribution in [0.4, 0.5) is 0 Å². The highest BCUT2D eigenvalue weighted by atomic mass is 35.5. The summed E-state index contributed by atoms with van der Waals surface area (Å²) in [4.78, 5) is 15.1. The van der Waals surface area contributed by atoms with E-state index in [4.69, 9.17) is 16.3 Å². The van der Waals surface area contributed by atoms with E-state index in [1.54, 1.807) is 7.11 Å². The fourth-order valence-corrected chi connectivity index (χ4v) is 4.22. The number of methoxy groups -OCH3 is 1. The highest BCUT2D eigenvalue weighted by Gasteiger charge is 2.21. The van der Waals surface area contributed by atoms with E-state index in [0.29, 0.717) is 32.0 Å². The molecule has 0 aliphatic heterocycles. The van der Waals surface area contributed by atoms with Crippen LogP contribution in [0.15, 0.2) is 42.6 Å². The van der Waals surface area contributed by atoms with Crippen molar-refractivity contribution in [2.45, 2.75) is 60.0 Å². The fourth-order valence-electron chi connectivity index (χ4n) is 4.01. The van der Waals surface area contributed by atoms with Gasteiger partial charge in [-0.2, -0.15) is 0 Å². The van der Waals surface area contributed by atoms with Gasteiger partial charge in [-0.05, 0) is 54.0 Å². The van der Waals surface area contributed by atoms with E-state index in [1.165, 1.54) is 0 Å². The molecule has 0 aliphatic rings. The van der Waals surface area contributed by atoms with E-state index in [9.17, 15) is 4.79 Å². The second-order valence-electron chi connectivity index (χ2n) is 9.49. The van der Waals surface area contributed by atoms with Crippen LogP contribution in [-0.4, -0.2) is 35.6 Å². The molecule has 0 fully saturated rings. The van der Waals surface area contributed by atoms with E-state index < -0.39 is 0 Å². The van der Waals surface area contributed by atoms with Crippen LogP contribution in [0.3, 0.4) is 0 Å². The number of rotatable bonds is 11. The molecule has 0 unspecified atom stereocenters. The number of carbonyl (C=O) groups is 1. The lowest BCUT2D eigenvalue weighted by Gasteiger charge is -2.27. The van der Waals surface area contributed by atoms with Gasteiger partial charge in [0.05, 0.1) is 6.54 Å². The van der Waals surface area contributed by atoms with Gasteiger partial charge in [0.1, 0.15) is 0 Å². The van der Waals surface area contributed by atoms with Gasteiger partial charge in [-0.1, -0.05) is 51.4 Å². The minimum absolute atomic E-state index is 0.221. The zero-order valence-electron chi connectivity index (χ0n) is 19.2. The third-order valence-corrected chi connectivity index (χ3v) is 5.37. The number of carbonyl (C=O) groups excluding carboxylic acids is 1. The Morgan fingerprint density at radius 3 is 2.67 bits per heavy atom. The van der Waals surface area contributed by atoms with Crippen molar-refractivity contribution >= 4 is 17.5 Å². The summed E-state index contributed by atoms with van der Waals surface area (Å²) < 4.78 is 7.41. The molecule has 0 radical (unpaired) electrons. The van der Waals surface area contributed by atoms with E-state index in [0.717, 1.165) is 35.7 Å². The van der Waals surface area contributed by atoms with Crippen molar-refractivity contribution in [2.75, 3.05) is 20.3 Å². The molecular weight excluding hydrogens is 396 g/mol. The molecular formula is C25H37ClN2O2. The van der Waals surface area contributed by atoms with Crippen LogP contribution in [0.5, 0.6) is 0 Å². The number of nitrogens with zero attached hydrogens (tertiary/aromatic N) is 2. The molecule has 4 nitrogen and oxygen atoms in total. The summed E-state index contributed by atoms with van der Waals surface area (Å²) in [5.41, 5.74) is 2.51. The molecule has 2 aromatic rings. The van der Waals surface area contributed by atoms with Crippen LogP contribution in [0.2, 0.25) is 5.02 Å². The minimum atomic E-state index is 0.221. The van der Waals surface area contributed by atoms with Crippen molar-refractivity contribution < 1.29 is 9.53 Å². The topological polar surface area (TPSA) is 34.5 Å². The maximum absolute atomic E-state index is 13.1. The number of hydrogen-bond acceptors (Lipinski definition) is 2. The molecule has 2 rings (SSSR count). The third kappa shape index (κ3) is 8.53. The first-order valence-corrected chi connectivity index (χ1v) is 11.2. The summed E-state index contributed by atoms with van der Waals surface area (Å²) in [6.45, 7) is 11.6. The van der Waals surface area contributed by atoms with E-state index in [-0.39, 0.29) is 11.3 Å². The number of aromatic nitrogens is 1. The minimum Gasteiger partial charge on any atom is -0.385 e. The molecule has 1 heterocycles. The predicted molar refractivity (Wildman–Crippen MR) is 125 cm³/mol. The van der Waals surface area contributed by atoms with Crippen LogP contribution in [0.1, 0.15) is 58.2 Å². The number of hydrogen-bond donors (Lipinski definition) is 0. The SMILES string of the molecule is COCCCN(Cc1cccn1Cc1cccc(Cl)c1)C(=O)C[C@H](C)CC(C)(C)C. The molecule has 1 aromatic carbocycles. The number of amides is 1. The molecule has 0 N–H and O–H groups in total. The summed E-state index contributed by atoms with van der Waals surface area (Å²) >= 11 is 6.14. The molecule has 0 aliphatic carbocycles. The number of benzene rings is 1. The third-order valence-electron chi connectivity index (χ3n) is 5.13. The standard InChI is InChI=1S/C25H37ClN2O2/c1-20(17-25(2,3)4)15-24(29)28(13-8-14-30-5)19-23-11-7-12-27(23)18-21-9-6-10-22(26)16-21/h6-7,9-12,16,20H,8,13-15,17-19H2,1-5H3/t20-/m0/s1. The molecule has 1 atom stereocenters. The van der Waals surface area contributed by atoms with E-state index in [2.05, 4.69) is 50.6 Å². The van der Waals surface area contributed by atoms with Crippen molar-refractivity contribution in [3.05, 3.63) is 58.9 Å². The van der Waals surface area contributed by atoms with Gasteiger partial charge >= 0.3 is 0 Å². The second-order valence-corrected chi connectivity index (χ2v) is 9.93. The van der Waals surface area contributed by atoms with Gasteiger partial charge in [-0.15, -0.1) is 0 Å². The molecule has 5 heteroatoms. The molecule has 0 spiro atoms. The average Bonchev–Trinajstić information content (AvgIpc) is 3.06. The normalized spacial score (nSPS) is 12.7. The van der Waals surface area contributed by atoms with Crippen LogP contribution >= 0.6 is 11.6 Å². The Labute approximate surface area is 187 Å². The highest BCUT2D eigenvalue weighted by molar-refractivity contribution is 6.30. The Balaban J connectivity index is 2.09. The predicted octanol–water partition coefficient (Wildman–Crippen LogP) is 6.02. The Morgan fingerprint density at radius 1 is 1.23 bits per heavy atom. The van der Waals surface area contributed by atoms with Gasteiger partial charge in [-0.3, -0.25) is 4.79 Å². The lowest BCUT2D eigenvalue weighted by Crippen LogP contribution is -2.34. The molecule has 1 aromatic heterocycles. The second kappa shape index (κ2) is 11.6. The number of halogens is 1. The van der Waals surface area contributed by atoms with Gasteiger partial charge in [0.15, 0.2) is 0 Å². The molecule has 30 heavy (non-hydrogen) atoms. The first-order chi connectivity index (χ1) is 14.2. The molecule has 1 amide bonds. The molecule has 0 bridgehead atoms. The lowest BCUT2D eigenvalue weighted by atomic mass is 9.84. The zero-order valence-corrected chi connectivity index (χ0v) is 19.9. The van der Waals surface area contributed by atoms with Gasteiger partial charge < -0.3 is 14.2 Å². The summed E-state index contributed by atoms with van der Waals surface area (Å²) in [6, 6.07) is 12.1. The van der Waals surface area contributed by atoms with Gasteiger partial charge in [0, 0.05) is 50.1 Å². The molecule has 0 saturated heterocycles. The van der Waals surface area contributed by atoms with Gasteiger partial charge in [0.2, 0.25) is 5.91 Å². The Hall–Kier alpha value is -1.78. The average molecular weight is 433 g/mol. The van der Waals surface area contributed by atoms with Gasteiger partial charge in [-0.25, -0.2) is 0 Å². The maximum atomic E-state index is 13.1. The summed E-state index contributed by atoms with van der Waals surface area (Å²) in [5, 5.41) is 0.741. The summed E-state index contributed by atoms with van der Waals surface area (Å²) in [5.74, 6) is 0.582. The van der Waals surface area contributed by atoms with Crippen molar-refractivity contribution in [1.82, 2.24) is 9.47 Å². The van der Waals surface area contributed by atoms with Crippen molar-refractivity contribution in [3.8, 4) is 0 Å². The largest absolute Gasteiger partial charge is 0.385 e. The van der Waals surface area contributed by atoms with Crippen LogP contribution < -0.4 is 0 Å². The first kappa shape index (κ1) is 24.5. The first-order valence-electron chi connectivity index (χ1n) is 10.8. The van der Waals surface area contributed by atoms with Crippen LogP contribution in [0, 0.1) is 11.3 Å². The van der Waals surface area contributed by atoms with Crippen molar-refractivity contribution in [2.24, 2.45) is 11.3 Å². The maximum Gasteiger partial charge on any atom is 0.223 e. The smallest absolute Gasteiger partial charge is 0.223 e. The van der Waals surface area contributed by atoms with Crippen LogP contribution in [-0.2, 0) is 22.6 Å². The molecule has 0 saturated carbocycles. The Morgan fingerprint density at radius 2 is 2.00 bits per heavy atom. The quantitative estimate of drug-likeness (QED) is 0.407. The van der Waals surface area contributed by atoms with Crippen LogP contribution in [0.25, 0.3) is 0 Å². The number of ether oxygens (including phenoxy) is 1. The molecule has 166 valence electrons. The highest BCUT2D eigenvalue weighted by Crippen LogP contribution is 2.26. The summed E-state index contributed by atoms with van der Waals surface area (Å²) in [7, 11) is 1.70. The van der Waals surface area contributed by atoms with Crippen molar-refractivity contribution in [1.29, 1.82) is 0 Å². The zero-order chi connectivity index (χ0) is 22.1. The Kier molecular flexibility index (Phi) is 9.44. The van der Waals surface area contributed by atoms with E-state index in [1.807, 2.05) is 29.2 Å². The monoisotopic (exact) mass is 432 g/mol. The fraction of sp³-hybridized carbons (Fsp3) is 0.560. The van der Waals surface area contributed by atoms with Gasteiger partial charge in [0.25, 0.3) is 0 Å². The Bertz CT molecular complexity index is 794. The lowest BCUT2D eigenvalue weighted by molar-refractivity contribution is -0.133.